The van der Waals surface area contributed by atoms with Crippen molar-refractivity contribution in [1.29, 1.82) is 0 Å². The summed E-state index contributed by atoms with van der Waals surface area (Å²) in [4.78, 5) is 21.3. The van der Waals surface area contributed by atoms with Gasteiger partial charge < -0.3 is 9.84 Å². The van der Waals surface area contributed by atoms with Crippen LogP contribution in [0.3, 0.4) is 0 Å². The Morgan fingerprint density at radius 2 is 1.94 bits per heavy atom. The van der Waals surface area contributed by atoms with Gasteiger partial charge in [0.05, 0.1) is 0 Å². The first-order chi connectivity index (χ1) is 7.29. The lowest BCUT2D eigenvalue weighted by Crippen LogP contribution is -2.33. The van der Waals surface area contributed by atoms with Gasteiger partial charge in [0.2, 0.25) is 0 Å². The first kappa shape index (κ1) is 14.9. The Morgan fingerprint density at radius 1 is 1.38 bits per heavy atom. The summed E-state index contributed by atoms with van der Waals surface area (Å²) in [5.74, 6) is -1.06. The van der Waals surface area contributed by atoms with E-state index in [4.69, 9.17) is 9.84 Å². The molecular weight excluding hydrogens is 208 g/mol. The number of carbonyl (C=O) groups excluding carboxylic acids is 1. The molecule has 1 atom stereocenters. The van der Waals surface area contributed by atoms with Crippen molar-refractivity contribution in [3.63, 3.8) is 0 Å². The largest absolute Gasteiger partial charge is 0.481 e. The number of carbonyl (C=O) groups is 2. The predicted octanol–water partition coefficient (Wildman–Crippen LogP) is 2.61. The molecule has 0 saturated carbocycles. The highest BCUT2D eigenvalue weighted by atomic mass is 16.5. The Labute approximate surface area is 97.0 Å². The molecule has 4 heteroatoms. The molecule has 1 unspecified atom stereocenters. The molecule has 0 radical (unpaired) electrons. The Bertz CT molecular complexity index is 245. The smallest absolute Gasteiger partial charge is 0.303 e. The molecule has 0 aromatic carbocycles. The number of aliphatic carboxylic acids is 1. The fourth-order valence-corrected chi connectivity index (χ4v) is 1.85. The fraction of sp³-hybridized carbons (Fsp3) is 0.833. The van der Waals surface area contributed by atoms with Gasteiger partial charge in [-0.15, -0.1) is 0 Å². The van der Waals surface area contributed by atoms with Crippen molar-refractivity contribution in [2.45, 2.75) is 59.5 Å². The van der Waals surface area contributed by atoms with E-state index in [9.17, 15) is 9.59 Å². The number of hydrogen-bond acceptors (Lipinski definition) is 3. The first-order valence-corrected chi connectivity index (χ1v) is 5.68. The van der Waals surface area contributed by atoms with Crippen LogP contribution in [-0.4, -0.2) is 23.1 Å². The monoisotopic (exact) mass is 230 g/mol. The fourth-order valence-electron chi connectivity index (χ4n) is 1.85. The summed E-state index contributed by atoms with van der Waals surface area (Å²) in [5, 5.41) is 8.57. The van der Waals surface area contributed by atoms with Gasteiger partial charge in [0.15, 0.2) is 0 Å². The maximum absolute atomic E-state index is 10.9. The normalized spacial score (nSPS) is 13.2. The Morgan fingerprint density at radius 3 is 2.31 bits per heavy atom. The lowest BCUT2D eigenvalue weighted by atomic mass is 9.80. The van der Waals surface area contributed by atoms with Crippen LogP contribution < -0.4 is 0 Å². The quantitative estimate of drug-likeness (QED) is 0.683. The van der Waals surface area contributed by atoms with Gasteiger partial charge in [-0.25, -0.2) is 0 Å². The second kappa shape index (κ2) is 6.51. The molecule has 94 valence electrons. The van der Waals surface area contributed by atoms with Crippen LogP contribution in [0.4, 0.5) is 0 Å². The second-order valence-electron chi connectivity index (χ2n) is 4.74. The summed E-state index contributed by atoms with van der Waals surface area (Å²) >= 11 is 0. The SMILES string of the molecule is CCC(OC(C)=O)C(C)(C)CCCC(=O)O. The Hall–Kier alpha value is -1.06. The molecule has 0 saturated heterocycles. The lowest BCUT2D eigenvalue weighted by Gasteiger charge is -2.33. The molecule has 1 N–H and O–H groups in total. The third-order valence-corrected chi connectivity index (χ3v) is 2.76. The van der Waals surface area contributed by atoms with Crippen molar-refractivity contribution >= 4 is 11.9 Å². The molecule has 0 heterocycles. The van der Waals surface area contributed by atoms with Gasteiger partial charge in [0.1, 0.15) is 6.10 Å². The van der Waals surface area contributed by atoms with Crippen LogP contribution in [0.15, 0.2) is 0 Å². The van der Waals surface area contributed by atoms with Crippen LogP contribution in [-0.2, 0) is 14.3 Å². The van der Waals surface area contributed by atoms with Crippen LogP contribution in [0.2, 0.25) is 0 Å². The number of ether oxygens (including phenoxy) is 1. The van der Waals surface area contributed by atoms with Gasteiger partial charge in [-0.2, -0.15) is 0 Å². The van der Waals surface area contributed by atoms with Crippen molar-refractivity contribution in [2.24, 2.45) is 5.41 Å². The molecule has 0 amide bonds. The van der Waals surface area contributed by atoms with Gasteiger partial charge in [-0.3, -0.25) is 9.59 Å². The summed E-state index contributed by atoms with van der Waals surface area (Å²) in [6.45, 7) is 7.38. The molecule has 4 nitrogen and oxygen atoms in total. The summed E-state index contributed by atoms with van der Waals surface area (Å²) in [6, 6.07) is 0. The average Bonchev–Trinajstić information content (AvgIpc) is 2.12. The average molecular weight is 230 g/mol. The number of hydrogen-bond donors (Lipinski definition) is 1. The number of esters is 1. The van der Waals surface area contributed by atoms with Crippen molar-refractivity contribution in [2.75, 3.05) is 0 Å². The molecule has 0 aliphatic rings. The molecule has 16 heavy (non-hydrogen) atoms. The zero-order valence-corrected chi connectivity index (χ0v) is 10.6. The van der Waals surface area contributed by atoms with Crippen molar-refractivity contribution in [3.8, 4) is 0 Å². The van der Waals surface area contributed by atoms with Gasteiger partial charge in [0, 0.05) is 18.8 Å². The van der Waals surface area contributed by atoms with E-state index in [1.54, 1.807) is 0 Å². The molecular formula is C12H22O4. The minimum Gasteiger partial charge on any atom is -0.481 e. The van der Waals surface area contributed by atoms with Crippen LogP contribution >= 0.6 is 0 Å². The Balaban J connectivity index is 4.24. The summed E-state index contributed by atoms with van der Waals surface area (Å²) in [5.41, 5.74) is -0.171. The standard InChI is InChI=1S/C12H22O4/c1-5-10(16-9(2)13)12(3,4)8-6-7-11(14)15/h10H,5-8H2,1-4H3,(H,14,15). The zero-order chi connectivity index (χ0) is 12.8. The topological polar surface area (TPSA) is 63.6 Å². The Kier molecular flexibility index (Phi) is 6.08. The highest BCUT2D eigenvalue weighted by molar-refractivity contribution is 5.66. The third-order valence-electron chi connectivity index (χ3n) is 2.76. The third kappa shape index (κ3) is 5.73. The lowest BCUT2D eigenvalue weighted by molar-refractivity contribution is -0.153. The summed E-state index contributed by atoms with van der Waals surface area (Å²) in [6.07, 6.45) is 2.13. The number of rotatable bonds is 7. The molecule has 0 aromatic heterocycles. The van der Waals surface area contributed by atoms with E-state index in [2.05, 4.69) is 0 Å². The van der Waals surface area contributed by atoms with Gasteiger partial charge >= 0.3 is 11.9 Å². The molecule has 0 fully saturated rings. The summed E-state index contributed by atoms with van der Waals surface area (Å²) < 4.78 is 5.24. The van der Waals surface area contributed by atoms with Crippen molar-refractivity contribution in [3.05, 3.63) is 0 Å². The van der Waals surface area contributed by atoms with Crippen LogP contribution in [0.1, 0.15) is 53.4 Å². The van der Waals surface area contributed by atoms with E-state index >= 15 is 0 Å². The highest BCUT2D eigenvalue weighted by Crippen LogP contribution is 2.31. The van der Waals surface area contributed by atoms with E-state index < -0.39 is 5.97 Å². The van der Waals surface area contributed by atoms with E-state index in [0.29, 0.717) is 6.42 Å². The van der Waals surface area contributed by atoms with Gasteiger partial charge in [-0.05, 0) is 19.3 Å². The minimum absolute atomic E-state index is 0.140. The van der Waals surface area contributed by atoms with Crippen molar-refractivity contribution in [1.82, 2.24) is 0 Å². The van der Waals surface area contributed by atoms with Crippen LogP contribution in [0, 0.1) is 5.41 Å². The molecule has 0 rings (SSSR count). The zero-order valence-electron chi connectivity index (χ0n) is 10.6. The second-order valence-corrected chi connectivity index (χ2v) is 4.74. The number of carboxylic acids is 1. The van der Waals surface area contributed by atoms with Crippen LogP contribution in [0.5, 0.6) is 0 Å². The van der Waals surface area contributed by atoms with Gasteiger partial charge in [-0.1, -0.05) is 20.8 Å². The van der Waals surface area contributed by atoms with Gasteiger partial charge in [0.25, 0.3) is 0 Å². The number of carboxylic acid groups (broad SMARTS) is 1. The van der Waals surface area contributed by atoms with E-state index in [-0.39, 0.29) is 23.9 Å². The highest BCUT2D eigenvalue weighted by Gasteiger charge is 2.30. The van der Waals surface area contributed by atoms with E-state index in [1.807, 2.05) is 20.8 Å². The maximum Gasteiger partial charge on any atom is 0.303 e. The molecule has 0 aliphatic heterocycles. The maximum atomic E-state index is 10.9. The van der Waals surface area contributed by atoms with E-state index in [0.717, 1.165) is 12.8 Å². The van der Waals surface area contributed by atoms with E-state index in [1.165, 1.54) is 6.92 Å². The van der Waals surface area contributed by atoms with Crippen LogP contribution in [0.25, 0.3) is 0 Å². The first-order valence-electron chi connectivity index (χ1n) is 5.68. The summed E-state index contributed by atoms with van der Waals surface area (Å²) in [7, 11) is 0. The molecule has 0 aliphatic carbocycles. The molecule has 0 aromatic rings. The predicted molar refractivity (Wildman–Crippen MR) is 61.1 cm³/mol. The molecule has 0 spiro atoms. The molecule has 0 bridgehead atoms. The minimum atomic E-state index is -0.781. The van der Waals surface area contributed by atoms with Crippen molar-refractivity contribution < 1.29 is 19.4 Å².